The first kappa shape index (κ1) is 25.2. The molecule has 2 rings (SSSR count). The summed E-state index contributed by atoms with van der Waals surface area (Å²) < 4.78 is 0. The molecule has 4 N–H and O–H groups in total. The van der Waals surface area contributed by atoms with Gasteiger partial charge in [-0.05, 0) is 25.7 Å². The largest absolute Gasteiger partial charge is 2.00 e. The number of hydrogen-bond acceptors (Lipinski definition) is 2. The van der Waals surface area contributed by atoms with Crippen LogP contribution >= 0.6 is 0 Å². The van der Waals surface area contributed by atoms with E-state index in [2.05, 4.69) is 0 Å². The molecular formula is C14H30Cl2N2Pt. The van der Waals surface area contributed by atoms with Gasteiger partial charge in [-0.15, -0.1) is 0 Å². The van der Waals surface area contributed by atoms with E-state index in [1.807, 2.05) is 0 Å². The molecule has 120 valence electrons. The minimum absolute atomic E-state index is 0. The normalized spacial score (nSPS) is 21.2. The fourth-order valence-electron chi connectivity index (χ4n) is 2.62. The maximum Gasteiger partial charge on any atom is 2.00 e. The van der Waals surface area contributed by atoms with Crippen LogP contribution in [-0.2, 0) is 21.1 Å². The quantitative estimate of drug-likeness (QED) is 0.363. The fourth-order valence-corrected chi connectivity index (χ4v) is 2.62. The molecule has 0 aliphatic heterocycles. The van der Waals surface area contributed by atoms with Gasteiger partial charge in [0.1, 0.15) is 0 Å². The molecule has 5 heteroatoms. The van der Waals surface area contributed by atoms with Crippen molar-refractivity contribution in [1.82, 2.24) is 0 Å². The van der Waals surface area contributed by atoms with E-state index < -0.39 is 0 Å². The minimum Gasteiger partial charge on any atom is -1.00 e. The second-order valence-electron chi connectivity index (χ2n) is 5.50. The van der Waals surface area contributed by atoms with Gasteiger partial charge in [0.15, 0.2) is 0 Å². The van der Waals surface area contributed by atoms with Crippen molar-refractivity contribution in [3.8, 4) is 0 Å². The van der Waals surface area contributed by atoms with Crippen molar-refractivity contribution in [3.05, 3.63) is 0 Å². The van der Waals surface area contributed by atoms with Crippen molar-refractivity contribution >= 4 is 0 Å². The SMILES string of the molecule is NC1CCCCCC1.NC1CCCCCC1.[Cl-].[Cl-].[Pt+2]. The van der Waals surface area contributed by atoms with Gasteiger partial charge in [0.05, 0.1) is 0 Å². The zero-order valence-corrected chi connectivity index (χ0v) is 15.7. The molecule has 0 aromatic rings. The summed E-state index contributed by atoms with van der Waals surface area (Å²) in [7, 11) is 0. The molecule has 0 heterocycles. The molecule has 0 spiro atoms. The molecule has 2 saturated carbocycles. The van der Waals surface area contributed by atoms with Gasteiger partial charge in [0, 0.05) is 12.1 Å². The third-order valence-corrected chi connectivity index (χ3v) is 3.80. The van der Waals surface area contributed by atoms with Gasteiger partial charge < -0.3 is 36.3 Å². The average molecular weight is 492 g/mol. The van der Waals surface area contributed by atoms with Crippen LogP contribution in [0.5, 0.6) is 0 Å². The number of rotatable bonds is 0. The van der Waals surface area contributed by atoms with Crippen LogP contribution in [0.15, 0.2) is 0 Å². The molecule has 0 saturated heterocycles. The Balaban J connectivity index is -0.000000233. The summed E-state index contributed by atoms with van der Waals surface area (Å²) in [4.78, 5) is 0. The van der Waals surface area contributed by atoms with Gasteiger partial charge >= 0.3 is 21.1 Å². The second kappa shape index (κ2) is 17.2. The third-order valence-electron chi connectivity index (χ3n) is 3.80. The Bertz CT molecular complexity index is 140. The first-order chi connectivity index (χ1) is 7.79. The summed E-state index contributed by atoms with van der Waals surface area (Å²) in [6, 6.07) is 1.05. The molecule has 0 unspecified atom stereocenters. The van der Waals surface area contributed by atoms with Crippen molar-refractivity contribution in [1.29, 1.82) is 0 Å². The van der Waals surface area contributed by atoms with Crippen molar-refractivity contribution < 1.29 is 45.9 Å². The van der Waals surface area contributed by atoms with Crippen LogP contribution in [0, 0.1) is 0 Å². The second-order valence-corrected chi connectivity index (χ2v) is 5.50. The van der Waals surface area contributed by atoms with Crippen molar-refractivity contribution in [2.24, 2.45) is 11.5 Å². The van der Waals surface area contributed by atoms with E-state index in [4.69, 9.17) is 11.5 Å². The van der Waals surface area contributed by atoms with E-state index in [0.717, 1.165) is 0 Å². The smallest absolute Gasteiger partial charge is 1.00 e. The summed E-state index contributed by atoms with van der Waals surface area (Å²) >= 11 is 0. The van der Waals surface area contributed by atoms with Gasteiger partial charge in [-0.25, -0.2) is 0 Å². The van der Waals surface area contributed by atoms with Crippen LogP contribution in [0.25, 0.3) is 0 Å². The molecule has 0 radical (unpaired) electrons. The molecule has 0 aromatic heterocycles. The first-order valence-corrected chi connectivity index (χ1v) is 7.30. The van der Waals surface area contributed by atoms with Crippen molar-refractivity contribution in [2.75, 3.05) is 0 Å². The Morgan fingerprint density at radius 2 is 0.684 bits per heavy atom. The molecule has 2 fully saturated rings. The summed E-state index contributed by atoms with van der Waals surface area (Å²) in [5, 5.41) is 0. The van der Waals surface area contributed by atoms with Gasteiger partial charge in [-0.1, -0.05) is 51.4 Å². The summed E-state index contributed by atoms with van der Waals surface area (Å²) in [5.74, 6) is 0. The Kier molecular flexibility index (Phi) is 22.8. The van der Waals surface area contributed by atoms with E-state index >= 15 is 0 Å². The van der Waals surface area contributed by atoms with Crippen LogP contribution in [0.2, 0.25) is 0 Å². The third kappa shape index (κ3) is 15.4. The Labute approximate surface area is 146 Å². The van der Waals surface area contributed by atoms with Crippen LogP contribution in [-0.4, -0.2) is 12.1 Å². The molecule has 2 nitrogen and oxygen atoms in total. The molecule has 0 bridgehead atoms. The predicted molar refractivity (Wildman–Crippen MR) is 71.4 cm³/mol. The van der Waals surface area contributed by atoms with Crippen LogP contribution < -0.4 is 36.3 Å². The summed E-state index contributed by atoms with van der Waals surface area (Å²) in [6.07, 6.45) is 16.1. The Hall–Kier alpha value is 1.19. The number of halogens is 2. The molecular weight excluding hydrogens is 462 g/mol. The van der Waals surface area contributed by atoms with E-state index in [9.17, 15) is 0 Å². The standard InChI is InChI=1S/2C7H15N.2ClH.Pt/c2*8-7-5-3-1-2-4-6-7;;;/h2*7H,1-6,8H2;2*1H;/q;;;;+2/p-2. The zero-order chi connectivity index (χ0) is 11.6. The van der Waals surface area contributed by atoms with Crippen LogP contribution in [0.1, 0.15) is 77.0 Å². The maximum absolute atomic E-state index is 5.73. The van der Waals surface area contributed by atoms with Crippen LogP contribution in [0.4, 0.5) is 0 Å². The molecule has 19 heavy (non-hydrogen) atoms. The monoisotopic (exact) mass is 491 g/mol. The topological polar surface area (TPSA) is 52.0 Å². The van der Waals surface area contributed by atoms with Gasteiger partial charge in [0.2, 0.25) is 0 Å². The van der Waals surface area contributed by atoms with Crippen molar-refractivity contribution in [3.63, 3.8) is 0 Å². The Morgan fingerprint density at radius 1 is 0.474 bits per heavy atom. The zero-order valence-electron chi connectivity index (χ0n) is 11.9. The average Bonchev–Trinajstić information content (AvgIpc) is 2.64. The molecule has 0 amide bonds. The fraction of sp³-hybridized carbons (Fsp3) is 1.00. The molecule has 0 aromatic carbocycles. The van der Waals surface area contributed by atoms with Gasteiger partial charge in [-0.2, -0.15) is 0 Å². The summed E-state index contributed by atoms with van der Waals surface area (Å²) in [6.45, 7) is 0. The van der Waals surface area contributed by atoms with Gasteiger partial charge in [-0.3, -0.25) is 0 Å². The van der Waals surface area contributed by atoms with E-state index in [1.54, 1.807) is 0 Å². The van der Waals surface area contributed by atoms with Crippen molar-refractivity contribution in [2.45, 2.75) is 89.1 Å². The maximum atomic E-state index is 5.73. The number of hydrogen-bond donors (Lipinski definition) is 2. The van der Waals surface area contributed by atoms with E-state index in [0.29, 0.717) is 12.1 Å². The summed E-state index contributed by atoms with van der Waals surface area (Å²) in [5.41, 5.74) is 11.5. The number of nitrogens with two attached hydrogens (primary N) is 2. The predicted octanol–water partition coefficient (Wildman–Crippen LogP) is -2.66. The molecule has 0 atom stereocenters. The van der Waals surface area contributed by atoms with E-state index in [-0.39, 0.29) is 45.9 Å². The van der Waals surface area contributed by atoms with E-state index in [1.165, 1.54) is 77.0 Å². The molecule has 2 aliphatic rings. The van der Waals surface area contributed by atoms with Crippen LogP contribution in [0.3, 0.4) is 0 Å². The first-order valence-electron chi connectivity index (χ1n) is 7.30. The minimum atomic E-state index is 0. The Morgan fingerprint density at radius 3 is 0.895 bits per heavy atom. The molecule has 2 aliphatic carbocycles. The van der Waals surface area contributed by atoms with Gasteiger partial charge in [0.25, 0.3) is 0 Å².